The smallest absolute Gasteiger partial charge is 0.358 e. The molecule has 104 valence electrons. The van der Waals surface area contributed by atoms with Crippen molar-refractivity contribution in [3.63, 3.8) is 0 Å². The van der Waals surface area contributed by atoms with E-state index in [1.165, 1.54) is 4.68 Å². The average Bonchev–Trinajstić information content (AvgIpc) is 2.83. The normalized spacial score (nSPS) is 10.8. The summed E-state index contributed by atoms with van der Waals surface area (Å²) in [6.07, 6.45) is 0. The van der Waals surface area contributed by atoms with Gasteiger partial charge in [-0.2, -0.15) is 0 Å². The van der Waals surface area contributed by atoms with Gasteiger partial charge in [-0.05, 0) is 30.2 Å². The van der Waals surface area contributed by atoms with Crippen LogP contribution in [0.15, 0.2) is 24.3 Å². The molecule has 0 aliphatic rings. The van der Waals surface area contributed by atoms with Crippen molar-refractivity contribution in [3.05, 3.63) is 41.2 Å². The molecule has 7 heteroatoms. The first-order valence-corrected chi connectivity index (χ1v) is 6.01. The number of rotatable bonds is 4. The Morgan fingerprint density at radius 3 is 2.30 bits per heavy atom. The van der Waals surface area contributed by atoms with Crippen molar-refractivity contribution in [2.75, 3.05) is 0 Å². The Labute approximate surface area is 115 Å². The fourth-order valence-electron chi connectivity index (χ4n) is 1.92. The molecule has 2 aromatic rings. The van der Waals surface area contributed by atoms with Crippen LogP contribution in [-0.2, 0) is 0 Å². The molecule has 0 bridgehead atoms. The van der Waals surface area contributed by atoms with E-state index in [2.05, 4.69) is 10.3 Å². The SMILES string of the molecule is CC(C)c1c(C(=O)O)nnn1-c1ccc(C(N)=O)cc1. The monoisotopic (exact) mass is 274 g/mol. The number of hydrogen-bond donors (Lipinski definition) is 2. The van der Waals surface area contributed by atoms with Crippen molar-refractivity contribution >= 4 is 11.9 Å². The lowest BCUT2D eigenvalue weighted by Crippen LogP contribution is -2.11. The Morgan fingerprint density at radius 1 is 1.25 bits per heavy atom. The molecule has 1 heterocycles. The van der Waals surface area contributed by atoms with Crippen LogP contribution >= 0.6 is 0 Å². The van der Waals surface area contributed by atoms with Crippen LogP contribution in [0.3, 0.4) is 0 Å². The van der Waals surface area contributed by atoms with Crippen molar-refractivity contribution in [2.24, 2.45) is 5.73 Å². The molecular formula is C13H14N4O3. The Bertz CT molecular complexity index is 659. The Kier molecular flexibility index (Phi) is 3.51. The number of nitrogens with zero attached hydrogens (tertiary/aromatic N) is 3. The molecule has 2 rings (SSSR count). The van der Waals surface area contributed by atoms with Crippen LogP contribution in [0.1, 0.15) is 46.3 Å². The zero-order valence-corrected chi connectivity index (χ0v) is 11.1. The summed E-state index contributed by atoms with van der Waals surface area (Å²) >= 11 is 0. The number of aromatic carboxylic acids is 1. The highest BCUT2D eigenvalue weighted by molar-refractivity contribution is 5.93. The quantitative estimate of drug-likeness (QED) is 0.869. The van der Waals surface area contributed by atoms with Crippen molar-refractivity contribution in [1.82, 2.24) is 15.0 Å². The van der Waals surface area contributed by atoms with Gasteiger partial charge in [0.15, 0.2) is 5.69 Å². The second-order valence-electron chi connectivity index (χ2n) is 4.61. The number of amides is 1. The van der Waals surface area contributed by atoms with Gasteiger partial charge in [-0.25, -0.2) is 9.48 Å². The fraction of sp³-hybridized carbons (Fsp3) is 0.231. The Hall–Kier alpha value is -2.70. The molecule has 0 fully saturated rings. The topological polar surface area (TPSA) is 111 Å². The number of benzene rings is 1. The van der Waals surface area contributed by atoms with Crippen LogP contribution < -0.4 is 5.73 Å². The zero-order chi connectivity index (χ0) is 14.9. The molecule has 1 amide bonds. The second kappa shape index (κ2) is 5.12. The minimum absolute atomic E-state index is 0.0630. The molecule has 0 spiro atoms. The van der Waals surface area contributed by atoms with Gasteiger partial charge in [0, 0.05) is 5.56 Å². The molecule has 0 saturated heterocycles. The highest BCUT2D eigenvalue weighted by atomic mass is 16.4. The Morgan fingerprint density at radius 2 is 1.85 bits per heavy atom. The molecule has 1 aromatic carbocycles. The third-order valence-corrected chi connectivity index (χ3v) is 2.85. The van der Waals surface area contributed by atoms with E-state index in [0.29, 0.717) is 16.9 Å². The van der Waals surface area contributed by atoms with Crippen LogP contribution in [0.25, 0.3) is 5.69 Å². The van der Waals surface area contributed by atoms with E-state index in [-0.39, 0.29) is 11.6 Å². The number of carboxylic acid groups (broad SMARTS) is 1. The third-order valence-electron chi connectivity index (χ3n) is 2.85. The lowest BCUT2D eigenvalue weighted by Gasteiger charge is -2.10. The first kappa shape index (κ1) is 13.7. The Balaban J connectivity index is 2.52. The maximum absolute atomic E-state index is 11.1. The highest BCUT2D eigenvalue weighted by Gasteiger charge is 2.22. The number of hydrogen-bond acceptors (Lipinski definition) is 4. The van der Waals surface area contributed by atoms with E-state index in [0.717, 1.165) is 0 Å². The van der Waals surface area contributed by atoms with E-state index in [4.69, 9.17) is 10.8 Å². The summed E-state index contributed by atoms with van der Waals surface area (Å²) in [5.41, 5.74) is 6.60. The molecule has 0 radical (unpaired) electrons. The predicted molar refractivity (Wildman–Crippen MR) is 70.9 cm³/mol. The molecule has 20 heavy (non-hydrogen) atoms. The van der Waals surface area contributed by atoms with E-state index in [1.54, 1.807) is 24.3 Å². The summed E-state index contributed by atoms with van der Waals surface area (Å²) in [5, 5.41) is 16.7. The number of aromatic nitrogens is 3. The van der Waals surface area contributed by atoms with Crippen LogP contribution in [0.5, 0.6) is 0 Å². The lowest BCUT2D eigenvalue weighted by molar-refractivity contribution is 0.0688. The number of carboxylic acids is 1. The maximum Gasteiger partial charge on any atom is 0.358 e. The van der Waals surface area contributed by atoms with Crippen LogP contribution in [0, 0.1) is 0 Å². The molecule has 0 saturated carbocycles. The lowest BCUT2D eigenvalue weighted by atomic mass is 10.1. The molecule has 7 nitrogen and oxygen atoms in total. The number of nitrogens with two attached hydrogens (primary N) is 1. The number of primary amides is 1. The third kappa shape index (κ3) is 2.37. The molecular weight excluding hydrogens is 260 g/mol. The van der Waals surface area contributed by atoms with Gasteiger partial charge in [-0.15, -0.1) is 5.10 Å². The van der Waals surface area contributed by atoms with Gasteiger partial charge in [-0.3, -0.25) is 4.79 Å². The number of carbonyl (C=O) groups is 2. The molecule has 0 aliphatic heterocycles. The van der Waals surface area contributed by atoms with Crippen molar-refractivity contribution in [2.45, 2.75) is 19.8 Å². The van der Waals surface area contributed by atoms with Crippen molar-refractivity contribution in [1.29, 1.82) is 0 Å². The standard InChI is InChI=1S/C13H14N4O3/c1-7(2)11-10(13(19)20)15-16-17(11)9-5-3-8(4-6-9)12(14)18/h3-7H,1-2H3,(H2,14,18)(H,19,20). The summed E-state index contributed by atoms with van der Waals surface area (Å²) in [5.74, 6) is -1.70. The molecule has 3 N–H and O–H groups in total. The molecule has 0 atom stereocenters. The van der Waals surface area contributed by atoms with E-state index < -0.39 is 11.9 Å². The zero-order valence-electron chi connectivity index (χ0n) is 11.1. The van der Waals surface area contributed by atoms with E-state index >= 15 is 0 Å². The largest absolute Gasteiger partial charge is 0.476 e. The number of carbonyl (C=O) groups excluding carboxylic acids is 1. The predicted octanol–water partition coefficient (Wildman–Crippen LogP) is 1.19. The van der Waals surface area contributed by atoms with E-state index in [1.807, 2.05) is 13.8 Å². The van der Waals surface area contributed by atoms with Crippen LogP contribution in [0.4, 0.5) is 0 Å². The maximum atomic E-state index is 11.1. The average molecular weight is 274 g/mol. The van der Waals surface area contributed by atoms with Gasteiger partial charge in [-0.1, -0.05) is 19.1 Å². The first-order valence-electron chi connectivity index (χ1n) is 6.01. The second-order valence-corrected chi connectivity index (χ2v) is 4.61. The van der Waals surface area contributed by atoms with Gasteiger partial charge < -0.3 is 10.8 Å². The summed E-state index contributed by atoms with van der Waals surface area (Å²) in [6, 6.07) is 6.41. The fourth-order valence-corrected chi connectivity index (χ4v) is 1.92. The van der Waals surface area contributed by atoms with E-state index in [9.17, 15) is 9.59 Å². The summed E-state index contributed by atoms with van der Waals surface area (Å²) in [6.45, 7) is 3.72. The van der Waals surface area contributed by atoms with Gasteiger partial charge in [0.25, 0.3) is 0 Å². The molecule has 0 aliphatic carbocycles. The summed E-state index contributed by atoms with van der Waals surface area (Å²) < 4.78 is 1.46. The molecule has 1 aromatic heterocycles. The summed E-state index contributed by atoms with van der Waals surface area (Å²) in [4.78, 5) is 22.2. The van der Waals surface area contributed by atoms with Gasteiger partial charge in [0.05, 0.1) is 11.4 Å². The molecule has 0 unspecified atom stereocenters. The van der Waals surface area contributed by atoms with Gasteiger partial charge >= 0.3 is 5.97 Å². The highest BCUT2D eigenvalue weighted by Crippen LogP contribution is 2.21. The minimum Gasteiger partial charge on any atom is -0.476 e. The minimum atomic E-state index is -1.12. The van der Waals surface area contributed by atoms with Gasteiger partial charge in [0.2, 0.25) is 5.91 Å². The van der Waals surface area contributed by atoms with Gasteiger partial charge in [0.1, 0.15) is 0 Å². The van der Waals surface area contributed by atoms with Crippen molar-refractivity contribution < 1.29 is 14.7 Å². The van der Waals surface area contributed by atoms with Crippen LogP contribution in [0.2, 0.25) is 0 Å². The van der Waals surface area contributed by atoms with Crippen molar-refractivity contribution in [3.8, 4) is 5.69 Å². The first-order chi connectivity index (χ1) is 9.41. The van der Waals surface area contributed by atoms with Crippen LogP contribution in [-0.4, -0.2) is 32.0 Å². The summed E-state index contributed by atoms with van der Waals surface area (Å²) in [7, 11) is 0.